The number of rotatable bonds is 2. The van der Waals surface area contributed by atoms with E-state index in [1.165, 1.54) is 0 Å². The lowest BCUT2D eigenvalue weighted by Crippen LogP contribution is -2.05. The van der Waals surface area contributed by atoms with Crippen LogP contribution >= 0.6 is 31.9 Å². The standard InChI is InChI=1S/C18H12Br2O/c1-11-12(7-4-8-16(11)19)18(21)15-9-10-17(20)14-6-3-2-5-13(14)15/h2-10H,1H3. The smallest absolute Gasteiger partial charge is 0.193 e. The van der Waals surface area contributed by atoms with Crippen LogP contribution in [-0.2, 0) is 0 Å². The summed E-state index contributed by atoms with van der Waals surface area (Å²) >= 11 is 7.03. The fourth-order valence-corrected chi connectivity index (χ4v) is 3.30. The van der Waals surface area contributed by atoms with Crippen molar-refractivity contribution in [2.24, 2.45) is 0 Å². The van der Waals surface area contributed by atoms with Crippen LogP contribution in [0.15, 0.2) is 63.5 Å². The summed E-state index contributed by atoms with van der Waals surface area (Å²) in [7, 11) is 0. The molecule has 0 aliphatic rings. The highest BCUT2D eigenvalue weighted by molar-refractivity contribution is 9.11. The first-order valence-corrected chi connectivity index (χ1v) is 8.15. The molecule has 0 atom stereocenters. The third kappa shape index (κ3) is 2.56. The lowest BCUT2D eigenvalue weighted by Gasteiger charge is -2.10. The van der Waals surface area contributed by atoms with Gasteiger partial charge < -0.3 is 0 Å². The van der Waals surface area contributed by atoms with Gasteiger partial charge in [-0.15, -0.1) is 0 Å². The van der Waals surface area contributed by atoms with Crippen LogP contribution in [0, 0.1) is 6.92 Å². The Kier molecular flexibility index (Phi) is 3.96. The molecule has 3 rings (SSSR count). The van der Waals surface area contributed by atoms with Crippen molar-refractivity contribution in [2.75, 3.05) is 0 Å². The Labute approximate surface area is 140 Å². The van der Waals surface area contributed by atoms with E-state index >= 15 is 0 Å². The minimum atomic E-state index is 0.0532. The average Bonchev–Trinajstić information content (AvgIpc) is 2.50. The van der Waals surface area contributed by atoms with E-state index in [1.54, 1.807) is 0 Å². The van der Waals surface area contributed by atoms with Crippen LogP contribution in [0.4, 0.5) is 0 Å². The Morgan fingerprint density at radius 1 is 0.762 bits per heavy atom. The van der Waals surface area contributed by atoms with Crippen molar-refractivity contribution in [1.82, 2.24) is 0 Å². The molecule has 3 aromatic rings. The molecule has 0 fully saturated rings. The second-order valence-electron chi connectivity index (χ2n) is 4.88. The number of carbonyl (C=O) groups is 1. The molecule has 0 unspecified atom stereocenters. The van der Waals surface area contributed by atoms with Crippen molar-refractivity contribution in [2.45, 2.75) is 6.92 Å². The van der Waals surface area contributed by atoms with E-state index in [1.807, 2.05) is 61.5 Å². The molecule has 0 bridgehead atoms. The zero-order chi connectivity index (χ0) is 15.0. The molecule has 0 radical (unpaired) electrons. The molecular weight excluding hydrogens is 392 g/mol. The van der Waals surface area contributed by atoms with Crippen molar-refractivity contribution in [1.29, 1.82) is 0 Å². The molecule has 0 aromatic heterocycles. The van der Waals surface area contributed by atoms with Gasteiger partial charge >= 0.3 is 0 Å². The number of ketones is 1. The number of hydrogen-bond donors (Lipinski definition) is 0. The summed E-state index contributed by atoms with van der Waals surface area (Å²) in [6, 6.07) is 17.5. The van der Waals surface area contributed by atoms with E-state index in [0.29, 0.717) is 0 Å². The number of fused-ring (bicyclic) bond motifs is 1. The Balaban J connectivity index is 2.23. The molecule has 1 nitrogen and oxygen atoms in total. The van der Waals surface area contributed by atoms with E-state index in [-0.39, 0.29) is 5.78 Å². The zero-order valence-corrected chi connectivity index (χ0v) is 14.5. The fraction of sp³-hybridized carbons (Fsp3) is 0.0556. The third-order valence-electron chi connectivity index (χ3n) is 3.63. The van der Waals surface area contributed by atoms with Gasteiger partial charge in [0.15, 0.2) is 5.78 Å². The number of benzene rings is 3. The molecule has 0 saturated carbocycles. The minimum absolute atomic E-state index is 0.0532. The summed E-state index contributed by atoms with van der Waals surface area (Å²) < 4.78 is 1.95. The predicted molar refractivity (Wildman–Crippen MR) is 94.0 cm³/mol. The lowest BCUT2D eigenvalue weighted by molar-refractivity contribution is 0.103. The van der Waals surface area contributed by atoms with Gasteiger partial charge in [-0.05, 0) is 41.5 Å². The summed E-state index contributed by atoms with van der Waals surface area (Å²) in [5.41, 5.74) is 2.43. The van der Waals surface area contributed by atoms with Gasteiger partial charge in [-0.2, -0.15) is 0 Å². The molecule has 0 spiro atoms. The van der Waals surface area contributed by atoms with Crippen LogP contribution < -0.4 is 0 Å². The highest BCUT2D eigenvalue weighted by atomic mass is 79.9. The second-order valence-corrected chi connectivity index (χ2v) is 6.59. The molecule has 0 saturated heterocycles. The molecule has 3 aromatic carbocycles. The quantitative estimate of drug-likeness (QED) is 0.486. The summed E-state index contributed by atoms with van der Waals surface area (Å²) in [4.78, 5) is 12.9. The maximum Gasteiger partial charge on any atom is 0.193 e. The van der Waals surface area contributed by atoms with Gasteiger partial charge in [0.1, 0.15) is 0 Å². The Morgan fingerprint density at radius 3 is 2.24 bits per heavy atom. The summed E-state index contributed by atoms with van der Waals surface area (Å²) in [6.07, 6.45) is 0. The normalized spacial score (nSPS) is 10.8. The van der Waals surface area contributed by atoms with E-state index in [2.05, 4.69) is 31.9 Å². The Bertz CT molecular complexity index is 853. The van der Waals surface area contributed by atoms with Crippen molar-refractivity contribution >= 4 is 48.4 Å². The van der Waals surface area contributed by atoms with E-state index < -0.39 is 0 Å². The monoisotopic (exact) mass is 402 g/mol. The molecule has 0 aliphatic carbocycles. The van der Waals surface area contributed by atoms with Crippen molar-refractivity contribution in [3.8, 4) is 0 Å². The van der Waals surface area contributed by atoms with Crippen LogP contribution in [0.2, 0.25) is 0 Å². The maximum absolute atomic E-state index is 12.9. The summed E-state index contributed by atoms with van der Waals surface area (Å²) in [6.45, 7) is 1.96. The van der Waals surface area contributed by atoms with E-state index in [0.717, 1.165) is 36.4 Å². The van der Waals surface area contributed by atoms with Crippen molar-refractivity contribution in [3.05, 3.63) is 80.2 Å². The fourth-order valence-electron chi connectivity index (χ4n) is 2.46. The van der Waals surface area contributed by atoms with Gasteiger partial charge in [-0.25, -0.2) is 0 Å². The molecule has 21 heavy (non-hydrogen) atoms. The molecule has 3 heteroatoms. The summed E-state index contributed by atoms with van der Waals surface area (Å²) in [5, 5.41) is 2.02. The zero-order valence-electron chi connectivity index (χ0n) is 11.4. The highest BCUT2D eigenvalue weighted by Crippen LogP contribution is 2.29. The molecule has 0 heterocycles. The highest BCUT2D eigenvalue weighted by Gasteiger charge is 2.16. The van der Waals surface area contributed by atoms with Crippen LogP contribution in [0.3, 0.4) is 0 Å². The van der Waals surface area contributed by atoms with Crippen molar-refractivity contribution in [3.63, 3.8) is 0 Å². The van der Waals surface area contributed by atoms with E-state index in [4.69, 9.17) is 0 Å². The third-order valence-corrected chi connectivity index (χ3v) is 5.18. The second kappa shape index (κ2) is 5.74. The van der Waals surface area contributed by atoms with Gasteiger partial charge in [0.05, 0.1) is 0 Å². The molecule has 0 amide bonds. The molecule has 0 N–H and O–H groups in total. The first kappa shape index (κ1) is 14.5. The Morgan fingerprint density at radius 2 is 1.48 bits per heavy atom. The van der Waals surface area contributed by atoms with Crippen LogP contribution in [0.5, 0.6) is 0 Å². The van der Waals surface area contributed by atoms with Gasteiger partial charge in [-0.1, -0.05) is 68.3 Å². The number of halogens is 2. The predicted octanol–water partition coefficient (Wildman–Crippen LogP) is 5.90. The van der Waals surface area contributed by atoms with Crippen LogP contribution in [-0.4, -0.2) is 5.78 Å². The SMILES string of the molecule is Cc1c(Br)cccc1C(=O)c1ccc(Br)c2ccccc12. The molecular formula is C18H12Br2O. The van der Waals surface area contributed by atoms with Gasteiger partial charge in [0.2, 0.25) is 0 Å². The van der Waals surface area contributed by atoms with Crippen LogP contribution in [0.25, 0.3) is 10.8 Å². The first-order chi connectivity index (χ1) is 10.1. The van der Waals surface area contributed by atoms with Gasteiger partial charge in [-0.3, -0.25) is 4.79 Å². The molecule has 104 valence electrons. The van der Waals surface area contributed by atoms with Gasteiger partial charge in [0.25, 0.3) is 0 Å². The molecule has 0 aliphatic heterocycles. The Hall–Kier alpha value is -1.45. The topological polar surface area (TPSA) is 17.1 Å². The van der Waals surface area contributed by atoms with Gasteiger partial charge in [0, 0.05) is 20.1 Å². The lowest BCUT2D eigenvalue weighted by atomic mass is 9.95. The number of hydrogen-bond acceptors (Lipinski definition) is 1. The maximum atomic E-state index is 12.9. The largest absolute Gasteiger partial charge is 0.289 e. The summed E-state index contributed by atoms with van der Waals surface area (Å²) in [5.74, 6) is 0.0532. The van der Waals surface area contributed by atoms with E-state index in [9.17, 15) is 4.79 Å². The first-order valence-electron chi connectivity index (χ1n) is 6.56. The van der Waals surface area contributed by atoms with Crippen LogP contribution in [0.1, 0.15) is 21.5 Å². The average molecular weight is 404 g/mol. The minimum Gasteiger partial charge on any atom is -0.289 e. The van der Waals surface area contributed by atoms with Crippen molar-refractivity contribution < 1.29 is 4.79 Å². The number of carbonyl (C=O) groups excluding carboxylic acids is 1.